The molecule has 0 unspecified atom stereocenters. The molecule has 0 bridgehead atoms. The fourth-order valence-corrected chi connectivity index (χ4v) is 6.06. The summed E-state index contributed by atoms with van der Waals surface area (Å²) in [6.45, 7) is 4.57. The molecule has 0 radical (unpaired) electrons. The van der Waals surface area contributed by atoms with Crippen LogP contribution < -0.4 is 5.32 Å². The van der Waals surface area contributed by atoms with E-state index in [4.69, 9.17) is 11.6 Å². The molecule has 1 aromatic carbocycles. The van der Waals surface area contributed by atoms with Crippen molar-refractivity contribution >= 4 is 35.0 Å². The second-order valence-electron chi connectivity index (χ2n) is 8.09. The van der Waals surface area contributed by atoms with Crippen LogP contribution in [0.5, 0.6) is 0 Å². The summed E-state index contributed by atoms with van der Waals surface area (Å²) in [5.74, 6) is -1.68. The second kappa shape index (κ2) is 5.55. The Kier molecular flexibility index (Phi) is 3.53. The van der Waals surface area contributed by atoms with Gasteiger partial charge in [0.05, 0.1) is 22.5 Å². The fourth-order valence-electron chi connectivity index (χ4n) is 5.83. The van der Waals surface area contributed by atoms with E-state index >= 15 is 0 Å². The maximum atomic E-state index is 13.5. The van der Waals surface area contributed by atoms with Crippen molar-refractivity contribution in [2.75, 3.05) is 11.9 Å². The molecule has 1 aromatic rings. The third-order valence-corrected chi connectivity index (χ3v) is 7.36. The van der Waals surface area contributed by atoms with Gasteiger partial charge in [0.15, 0.2) is 0 Å². The number of nitrogens with zero attached hydrogens (tertiary/aromatic N) is 2. The molecule has 5 atom stereocenters. The summed E-state index contributed by atoms with van der Waals surface area (Å²) in [5.41, 5.74) is 0.199. The van der Waals surface area contributed by atoms with E-state index in [1.54, 1.807) is 6.07 Å². The molecule has 27 heavy (non-hydrogen) atoms. The van der Waals surface area contributed by atoms with Crippen molar-refractivity contribution in [1.82, 2.24) is 9.80 Å². The Bertz CT molecular complexity index is 887. The molecule has 6 nitrogen and oxygen atoms in total. The average molecular weight is 388 g/mol. The number of fused-ring (bicyclic) bond motifs is 7. The highest BCUT2D eigenvalue weighted by Crippen LogP contribution is 2.61. The van der Waals surface area contributed by atoms with E-state index in [0.717, 1.165) is 18.4 Å². The highest BCUT2D eigenvalue weighted by Gasteiger charge is 2.74. The number of anilines is 1. The van der Waals surface area contributed by atoms with Crippen molar-refractivity contribution in [3.05, 3.63) is 28.8 Å². The Morgan fingerprint density at radius 3 is 2.81 bits per heavy atom. The van der Waals surface area contributed by atoms with Gasteiger partial charge < -0.3 is 5.32 Å². The minimum absolute atomic E-state index is 0.0730. The quantitative estimate of drug-likeness (QED) is 0.791. The molecule has 0 aliphatic carbocycles. The standard InChI is InChI=1S/C20H22ClN3O3/c1-3-10(2)24-17(25)14-13-8-5-9-23(13)20(15(14)18(24)26)11-6-4-7-12(21)16(11)22-19(20)27/h4,6-7,10,13-15H,3,5,8-9H2,1-2H3,(H,22,27)/t10-,13+,14+,15-,20+/m0/s1. The molecule has 5 rings (SSSR count). The van der Waals surface area contributed by atoms with Crippen LogP contribution in [0.4, 0.5) is 5.69 Å². The molecular weight excluding hydrogens is 366 g/mol. The van der Waals surface area contributed by atoms with Gasteiger partial charge in [-0.3, -0.25) is 24.2 Å². The number of carbonyl (C=O) groups excluding carboxylic acids is 3. The van der Waals surface area contributed by atoms with Gasteiger partial charge in [-0.1, -0.05) is 30.7 Å². The van der Waals surface area contributed by atoms with Crippen LogP contribution in [0.1, 0.15) is 38.7 Å². The van der Waals surface area contributed by atoms with Crippen molar-refractivity contribution in [2.45, 2.75) is 50.7 Å². The van der Waals surface area contributed by atoms with Crippen LogP contribution in [-0.2, 0) is 19.9 Å². The Morgan fingerprint density at radius 2 is 2.07 bits per heavy atom. The molecule has 142 valence electrons. The van der Waals surface area contributed by atoms with E-state index in [9.17, 15) is 14.4 Å². The maximum Gasteiger partial charge on any atom is 0.250 e. The first-order chi connectivity index (χ1) is 12.9. The SMILES string of the molecule is CC[C@H](C)N1C(=O)[C@@H]2[C@H]3CCCN3[C@@]3(C(=O)Nc4c(Cl)cccc43)[C@@H]2C1=O. The summed E-state index contributed by atoms with van der Waals surface area (Å²) in [7, 11) is 0. The van der Waals surface area contributed by atoms with Gasteiger partial charge in [-0.25, -0.2) is 0 Å². The largest absolute Gasteiger partial charge is 0.323 e. The van der Waals surface area contributed by atoms with Crippen molar-refractivity contribution in [3.8, 4) is 0 Å². The van der Waals surface area contributed by atoms with Crippen LogP contribution in [0.2, 0.25) is 5.02 Å². The van der Waals surface area contributed by atoms with Gasteiger partial charge >= 0.3 is 0 Å². The van der Waals surface area contributed by atoms with Crippen LogP contribution in [0.15, 0.2) is 18.2 Å². The van der Waals surface area contributed by atoms with Gasteiger partial charge in [0, 0.05) is 17.6 Å². The molecule has 3 amide bonds. The van der Waals surface area contributed by atoms with Crippen LogP contribution >= 0.6 is 11.6 Å². The minimum atomic E-state index is -1.12. The van der Waals surface area contributed by atoms with E-state index < -0.39 is 17.4 Å². The first kappa shape index (κ1) is 17.2. The summed E-state index contributed by atoms with van der Waals surface area (Å²) < 4.78 is 0. The van der Waals surface area contributed by atoms with Crippen molar-refractivity contribution in [3.63, 3.8) is 0 Å². The summed E-state index contributed by atoms with van der Waals surface area (Å²) >= 11 is 6.35. The molecule has 3 saturated heterocycles. The van der Waals surface area contributed by atoms with Gasteiger partial charge in [0.2, 0.25) is 11.8 Å². The summed E-state index contributed by atoms with van der Waals surface area (Å²) in [6.07, 6.45) is 2.45. The van der Waals surface area contributed by atoms with Gasteiger partial charge in [0.25, 0.3) is 5.91 Å². The highest BCUT2D eigenvalue weighted by molar-refractivity contribution is 6.35. The Hall–Kier alpha value is -1.92. The van der Waals surface area contributed by atoms with E-state index in [2.05, 4.69) is 10.2 Å². The highest BCUT2D eigenvalue weighted by atomic mass is 35.5. The molecule has 4 aliphatic rings. The normalized spacial score (nSPS) is 35.6. The van der Waals surface area contributed by atoms with Crippen molar-refractivity contribution < 1.29 is 14.4 Å². The lowest BCUT2D eigenvalue weighted by atomic mass is 9.75. The van der Waals surface area contributed by atoms with Crippen LogP contribution in [0.25, 0.3) is 0 Å². The number of imide groups is 1. The Balaban J connectivity index is 1.74. The molecule has 0 saturated carbocycles. The van der Waals surface area contributed by atoms with Gasteiger partial charge in [0.1, 0.15) is 5.54 Å². The molecule has 1 spiro atoms. The molecule has 1 N–H and O–H groups in total. The molecular formula is C20H22ClN3O3. The zero-order valence-corrected chi connectivity index (χ0v) is 16.1. The number of hydrogen-bond acceptors (Lipinski definition) is 4. The number of hydrogen-bond donors (Lipinski definition) is 1. The number of para-hydroxylation sites is 1. The molecule has 7 heteroatoms. The smallest absolute Gasteiger partial charge is 0.250 e. The van der Waals surface area contributed by atoms with Crippen LogP contribution in [-0.4, -0.2) is 46.1 Å². The minimum Gasteiger partial charge on any atom is -0.323 e. The molecule has 4 aliphatic heterocycles. The van der Waals surface area contributed by atoms with Gasteiger partial charge in [-0.05, 0) is 38.8 Å². The topological polar surface area (TPSA) is 69.7 Å². The first-order valence-electron chi connectivity index (χ1n) is 9.68. The molecule has 4 heterocycles. The lowest BCUT2D eigenvalue weighted by molar-refractivity contribution is -0.147. The number of rotatable bonds is 2. The third kappa shape index (κ3) is 1.83. The van der Waals surface area contributed by atoms with Gasteiger partial charge in [-0.15, -0.1) is 0 Å². The summed E-state index contributed by atoms with van der Waals surface area (Å²) in [5, 5.41) is 3.39. The zero-order chi connectivity index (χ0) is 19.1. The van der Waals surface area contributed by atoms with E-state index in [1.165, 1.54) is 4.90 Å². The van der Waals surface area contributed by atoms with E-state index in [1.807, 2.05) is 26.0 Å². The number of benzene rings is 1. The van der Waals surface area contributed by atoms with Crippen LogP contribution in [0.3, 0.4) is 0 Å². The van der Waals surface area contributed by atoms with Crippen molar-refractivity contribution in [1.29, 1.82) is 0 Å². The van der Waals surface area contributed by atoms with Gasteiger partial charge in [-0.2, -0.15) is 0 Å². The Labute approximate surface area is 162 Å². The summed E-state index contributed by atoms with van der Waals surface area (Å²) in [4.78, 5) is 43.7. The number of carbonyl (C=O) groups is 3. The average Bonchev–Trinajstić information content (AvgIpc) is 3.34. The fraction of sp³-hybridized carbons (Fsp3) is 0.550. The first-order valence-corrected chi connectivity index (χ1v) is 10.1. The van der Waals surface area contributed by atoms with E-state index in [0.29, 0.717) is 23.7 Å². The summed E-state index contributed by atoms with van der Waals surface area (Å²) in [6, 6.07) is 5.19. The number of amides is 3. The number of likely N-dealkylation sites (tertiary alicyclic amines) is 1. The zero-order valence-electron chi connectivity index (χ0n) is 15.4. The number of halogens is 1. The Morgan fingerprint density at radius 1 is 1.30 bits per heavy atom. The number of nitrogens with one attached hydrogen (secondary N) is 1. The monoisotopic (exact) mass is 387 g/mol. The van der Waals surface area contributed by atoms with Crippen LogP contribution in [0, 0.1) is 11.8 Å². The molecule has 3 fully saturated rings. The molecule has 0 aromatic heterocycles. The van der Waals surface area contributed by atoms with E-state index in [-0.39, 0.29) is 29.8 Å². The van der Waals surface area contributed by atoms with Crippen molar-refractivity contribution in [2.24, 2.45) is 11.8 Å². The predicted molar refractivity (Wildman–Crippen MR) is 100 cm³/mol. The predicted octanol–water partition coefficient (Wildman–Crippen LogP) is 2.37. The maximum absolute atomic E-state index is 13.5. The third-order valence-electron chi connectivity index (χ3n) is 7.04. The lowest BCUT2D eigenvalue weighted by Gasteiger charge is -2.37. The lowest BCUT2D eigenvalue weighted by Crippen LogP contribution is -2.54. The second-order valence-corrected chi connectivity index (χ2v) is 8.50.